The number of nitrogens with zero attached hydrogens (tertiary/aromatic N) is 1. The number of amides is 1. The molecule has 1 aromatic heterocycles. The van der Waals surface area contributed by atoms with Crippen LogP contribution >= 0.6 is 0 Å². The van der Waals surface area contributed by atoms with Crippen LogP contribution in [0.3, 0.4) is 0 Å². The van der Waals surface area contributed by atoms with Gasteiger partial charge in [0.2, 0.25) is 0 Å². The molecule has 4 nitrogen and oxygen atoms in total. The zero-order chi connectivity index (χ0) is 13.9. The first kappa shape index (κ1) is 12.0. The molecule has 0 radical (unpaired) electrons. The van der Waals surface area contributed by atoms with E-state index < -0.39 is 0 Å². The second-order valence-electron chi connectivity index (χ2n) is 4.31. The Morgan fingerprint density at radius 1 is 1.25 bits per heavy atom. The molecule has 0 saturated heterocycles. The molecule has 1 amide bonds. The molecule has 0 fully saturated rings. The van der Waals surface area contributed by atoms with Crippen molar-refractivity contribution in [3.8, 4) is 12.3 Å². The lowest BCUT2D eigenvalue weighted by Gasteiger charge is -2.05. The molecule has 3 rings (SSSR count). The van der Waals surface area contributed by atoms with E-state index in [1.54, 1.807) is 36.7 Å². The fourth-order valence-corrected chi connectivity index (χ4v) is 1.97. The number of terminal acetylenes is 1. The summed E-state index contributed by atoms with van der Waals surface area (Å²) in [7, 11) is 0. The van der Waals surface area contributed by atoms with Crippen LogP contribution in [0.4, 0.5) is 5.69 Å². The number of H-pyrrole nitrogens is 1. The van der Waals surface area contributed by atoms with Gasteiger partial charge in [0.1, 0.15) is 0 Å². The van der Waals surface area contributed by atoms with Gasteiger partial charge in [0, 0.05) is 16.8 Å². The second-order valence-corrected chi connectivity index (χ2v) is 4.31. The first-order chi connectivity index (χ1) is 9.76. The van der Waals surface area contributed by atoms with Crippen molar-refractivity contribution >= 4 is 22.6 Å². The molecule has 0 aliphatic heterocycles. The standard InChI is InChI=1S/C16H11N3O/c1-2-11-4-3-5-13(8-11)19-16(20)12-6-7-14-15(9-12)18-10-17-14/h1,3-10H,(H,17,18)(H,19,20). The number of hydrogen-bond acceptors (Lipinski definition) is 2. The number of nitrogens with one attached hydrogen (secondary N) is 2. The minimum Gasteiger partial charge on any atom is -0.345 e. The average Bonchev–Trinajstić information content (AvgIpc) is 2.94. The van der Waals surface area contributed by atoms with Gasteiger partial charge in [0.25, 0.3) is 5.91 Å². The number of benzene rings is 2. The molecule has 0 aliphatic rings. The van der Waals surface area contributed by atoms with Crippen LogP contribution in [0.5, 0.6) is 0 Å². The Kier molecular flexibility index (Phi) is 2.94. The van der Waals surface area contributed by atoms with E-state index in [9.17, 15) is 4.79 Å². The number of imidazole rings is 1. The van der Waals surface area contributed by atoms with Crippen molar-refractivity contribution in [1.29, 1.82) is 0 Å². The molecule has 0 atom stereocenters. The van der Waals surface area contributed by atoms with E-state index in [4.69, 9.17) is 6.42 Å². The average molecular weight is 261 g/mol. The number of aromatic nitrogens is 2. The SMILES string of the molecule is C#Cc1cccc(NC(=O)c2ccc3nc[nH]c3c2)c1. The highest BCUT2D eigenvalue weighted by Crippen LogP contribution is 2.15. The maximum Gasteiger partial charge on any atom is 0.255 e. The van der Waals surface area contributed by atoms with E-state index in [2.05, 4.69) is 21.2 Å². The van der Waals surface area contributed by atoms with E-state index in [1.807, 2.05) is 12.1 Å². The highest BCUT2D eigenvalue weighted by atomic mass is 16.1. The maximum absolute atomic E-state index is 12.2. The Balaban J connectivity index is 1.86. The van der Waals surface area contributed by atoms with Crippen molar-refractivity contribution < 1.29 is 4.79 Å². The molecule has 2 N–H and O–H groups in total. The van der Waals surface area contributed by atoms with E-state index >= 15 is 0 Å². The maximum atomic E-state index is 12.2. The number of carbonyl (C=O) groups is 1. The normalized spacial score (nSPS) is 10.2. The Labute approximate surface area is 115 Å². The molecule has 4 heteroatoms. The zero-order valence-electron chi connectivity index (χ0n) is 10.6. The lowest BCUT2D eigenvalue weighted by Crippen LogP contribution is -2.11. The van der Waals surface area contributed by atoms with Crippen LogP contribution in [0.2, 0.25) is 0 Å². The molecule has 2 aromatic carbocycles. The number of rotatable bonds is 2. The van der Waals surface area contributed by atoms with Gasteiger partial charge in [-0.05, 0) is 36.4 Å². The van der Waals surface area contributed by atoms with Gasteiger partial charge in [-0.2, -0.15) is 0 Å². The molecule has 0 saturated carbocycles. The Hall–Kier alpha value is -3.06. The highest BCUT2D eigenvalue weighted by molar-refractivity contribution is 6.05. The topological polar surface area (TPSA) is 57.8 Å². The minimum atomic E-state index is -0.185. The van der Waals surface area contributed by atoms with Gasteiger partial charge in [-0.25, -0.2) is 4.98 Å². The van der Waals surface area contributed by atoms with Gasteiger partial charge >= 0.3 is 0 Å². The van der Waals surface area contributed by atoms with Gasteiger partial charge in [0.15, 0.2) is 0 Å². The molecule has 3 aromatic rings. The Bertz CT molecular complexity index is 827. The van der Waals surface area contributed by atoms with Crippen molar-refractivity contribution in [2.75, 3.05) is 5.32 Å². The third-order valence-corrected chi connectivity index (χ3v) is 2.97. The predicted octanol–water partition coefficient (Wildman–Crippen LogP) is 2.80. The molecule has 96 valence electrons. The van der Waals surface area contributed by atoms with Crippen LogP contribution < -0.4 is 5.32 Å². The van der Waals surface area contributed by atoms with Gasteiger partial charge in [-0.1, -0.05) is 12.0 Å². The summed E-state index contributed by atoms with van der Waals surface area (Å²) in [4.78, 5) is 19.3. The first-order valence-corrected chi connectivity index (χ1v) is 6.07. The number of fused-ring (bicyclic) bond motifs is 1. The van der Waals surface area contributed by atoms with Crippen LogP contribution in [0.25, 0.3) is 11.0 Å². The van der Waals surface area contributed by atoms with Crippen LogP contribution in [-0.2, 0) is 0 Å². The van der Waals surface area contributed by atoms with Crippen LogP contribution in [0.15, 0.2) is 48.8 Å². The Morgan fingerprint density at radius 3 is 3.00 bits per heavy atom. The Morgan fingerprint density at radius 2 is 2.15 bits per heavy atom. The van der Waals surface area contributed by atoms with E-state index in [-0.39, 0.29) is 5.91 Å². The summed E-state index contributed by atoms with van der Waals surface area (Å²) in [6.07, 6.45) is 6.94. The smallest absolute Gasteiger partial charge is 0.255 e. The molecule has 20 heavy (non-hydrogen) atoms. The van der Waals surface area contributed by atoms with E-state index in [0.29, 0.717) is 11.3 Å². The second kappa shape index (κ2) is 4.90. The summed E-state index contributed by atoms with van der Waals surface area (Å²) < 4.78 is 0. The number of hydrogen-bond donors (Lipinski definition) is 2. The van der Waals surface area contributed by atoms with Crippen molar-refractivity contribution in [2.24, 2.45) is 0 Å². The lowest BCUT2D eigenvalue weighted by atomic mass is 10.1. The number of carbonyl (C=O) groups excluding carboxylic acids is 1. The molecule has 0 unspecified atom stereocenters. The largest absolute Gasteiger partial charge is 0.345 e. The molecule has 1 heterocycles. The highest BCUT2D eigenvalue weighted by Gasteiger charge is 2.08. The summed E-state index contributed by atoms with van der Waals surface area (Å²) >= 11 is 0. The molecular formula is C16H11N3O. The zero-order valence-corrected chi connectivity index (χ0v) is 10.6. The van der Waals surface area contributed by atoms with Gasteiger partial charge < -0.3 is 10.3 Å². The third kappa shape index (κ3) is 2.25. The van der Waals surface area contributed by atoms with Crippen molar-refractivity contribution in [2.45, 2.75) is 0 Å². The lowest BCUT2D eigenvalue weighted by molar-refractivity contribution is 0.102. The molecule has 0 spiro atoms. The molecule has 0 bridgehead atoms. The van der Waals surface area contributed by atoms with Crippen molar-refractivity contribution in [1.82, 2.24) is 9.97 Å². The van der Waals surface area contributed by atoms with E-state index in [0.717, 1.165) is 16.6 Å². The van der Waals surface area contributed by atoms with Crippen molar-refractivity contribution in [3.05, 3.63) is 59.9 Å². The van der Waals surface area contributed by atoms with Crippen molar-refractivity contribution in [3.63, 3.8) is 0 Å². The first-order valence-electron chi connectivity index (χ1n) is 6.07. The molecular weight excluding hydrogens is 250 g/mol. The van der Waals surface area contributed by atoms with Crippen LogP contribution in [0, 0.1) is 12.3 Å². The fraction of sp³-hybridized carbons (Fsp3) is 0. The summed E-state index contributed by atoms with van der Waals surface area (Å²) in [5.41, 5.74) is 3.63. The van der Waals surface area contributed by atoms with Gasteiger partial charge in [0.05, 0.1) is 17.4 Å². The number of anilines is 1. The summed E-state index contributed by atoms with van der Waals surface area (Å²) in [6, 6.07) is 12.5. The van der Waals surface area contributed by atoms with Gasteiger partial charge in [-0.3, -0.25) is 4.79 Å². The van der Waals surface area contributed by atoms with Crippen LogP contribution in [0.1, 0.15) is 15.9 Å². The predicted molar refractivity (Wildman–Crippen MR) is 78.4 cm³/mol. The quantitative estimate of drug-likeness (QED) is 0.697. The monoisotopic (exact) mass is 261 g/mol. The fourth-order valence-electron chi connectivity index (χ4n) is 1.97. The summed E-state index contributed by atoms with van der Waals surface area (Å²) in [6.45, 7) is 0. The number of aromatic amines is 1. The van der Waals surface area contributed by atoms with E-state index in [1.165, 1.54) is 0 Å². The van der Waals surface area contributed by atoms with Gasteiger partial charge in [-0.15, -0.1) is 6.42 Å². The minimum absolute atomic E-state index is 0.185. The van der Waals surface area contributed by atoms with Crippen LogP contribution in [-0.4, -0.2) is 15.9 Å². The third-order valence-electron chi connectivity index (χ3n) is 2.97. The summed E-state index contributed by atoms with van der Waals surface area (Å²) in [5, 5.41) is 2.82. The molecule has 0 aliphatic carbocycles. The summed E-state index contributed by atoms with van der Waals surface area (Å²) in [5.74, 6) is 2.35.